The molecule has 6 aromatic carbocycles. The van der Waals surface area contributed by atoms with Gasteiger partial charge in [0.1, 0.15) is 17.3 Å². The van der Waals surface area contributed by atoms with Crippen LogP contribution in [-0.2, 0) is 10.8 Å². The minimum Gasteiger partial charge on any atom is -0.457 e. The highest BCUT2D eigenvalue weighted by molar-refractivity contribution is 5.89. The SMILES string of the molecule is CC1CCC(C)(C)CC(C)(c2nc(-c3ccccc3)nc(-c3cccc(-c4ccc5c(c4)C4(c6ccccc6O5)c5ccccc5-c5ccccc54)c3)n2)C1. The molecule has 1 aromatic heterocycles. The topological polar surface area (TPSA) is 47.9 Å². The van der Waals surface area contributed by atoms with Crippen molar-refractivity contribution in [3.8, 4) is 56.5 Å². The summed E-state index contributed by atoms with van der Waals surface area (Å²) in [6.45, 7) is 9.58. The van der Waals surface area contributed by atoms with E-state index in [-0.39, 0.29) is 10.8 Å². The number of para-hydroxylation sites is 1. The van der Waals surface area contributed by atoms with Gasteiger partial charge in [-0.1, -0.05) is 155 Å². The van der Waals surface area contributed by atoms with E-state index in [4.69, 9.17) is 19.7 Å². The molecular formula is C51H45N3O. The third-order valence-electron chi connectivity index (χ3n) is 12.5. The van der Waals surface area contributed by atoms with Crippen molar-refractivity contribution in [2.45, 2.75) is 64.2 Å². The van der Waals surface area contributed by atoms with Gasteiger partial charge < -0.3 is 4.74 Å². The van der Waals surface area contributed by atoms with Crippen molar-refractivity contribution < 1.29 is 4.74 Å². The zero-order valence-electron chi connectivity index (χ0n) is 32.0. The van der Waals surface area contributed by atoms with Gasteiger partial charge in [0, 0.05) is 27.7 Å². The van der Waals surface area contributed by atoms with Crippen molar-refractivity contribution in [2.75, 3.05) is 0 Å². The van der Waals surface area contributed by atoms with Gasteiger partial charge in [0.05, 0.1) is 5.41 Å². The molecule has 2 unspecified atom stereocenters. The summed E-state index contributed by atoms with van der Waals surface area (Å²) in [7, 11) is 0. The van der Waals surface area contributed by atoms with E-state index < -0.39 is 5.41 Å². The molecule has 10 rings (SSSR count). The predicted molar refractivity (Wildman–Crippen MR) is 222 cm³/mol. The summed E-state index contributed by atoms with van der Waals surface area (Å²) in [5.74, 6) is 4.72. The molecule has 1 saturated carbocycles. The molecule has 1 aliphatic heterocycles. The summed E-state index contributed by atoms with van der Waals surface area (Å²) in [6.07, 6.45) is 4.54. The number of ether oxygens (including phenoxy) is 1. The fourth-order valence-electron chi connectivity index (χ4n) is 10.3. The van der Waals surface area contributed by atoms with Crippen molar-refractivity contribution in [2.24, 2.45) is 11.3 Å². The van der Waals surface area contributed by atoms with Gasteiger partial charge in [0.15, 0.2) is 11.6 Å². The van der Waals surface area contributed by atoms with E-state index in [1.54, 1.807) is 0 Å². The minimum absolute atomic E-state index is 0.171. The number of nitrogens with zero attached hydrogens (tertiary/aromatic N) is 3. The molecule has 1 fully saturated rings. The lowest BCUT2D eigenvalue weighted by Gasteiger charge is -2.39. The Kier molecular flexibility index (Phi) is 7.71. The van der Waals surface area contributed by atoms with Gasteiger partial charge in [0.2, 0.25) is 0 Å². The van der Waals surface area contributed by atoms with Gasteiger partial charge in [0.25, 0.3) is 0 Å². The van der Waals surface area contributed by atoms with Gasteiger partial charge in [-0.15, -0.1) is 0 Å². The Morgan fingerprint density at radius 1 is 0.527 bits per heavy atom. The molecule has 0 saturated heterocycles. The fourth-order valence-corrected chi connectivity index (χ4v) is 10.3. The molecular weight excluding hydrogens is 671 g/mol. The molecule has 270 valence electrons. The normalized spacial score (nSPS) is 20.0. The maximum absolute atomic E-state index is 6.72. The van der Waals surface area contributed by atoms with Gasteiger partial charge in [-0.2, -0.15) is 0 Å². The lowest BCUT2D eigenvalue weighted by atomic mass is 9.66. The number of hydrogen-bond donors (Lipinski definition) is 0. The zero-order valence-corrected chi connectivity index (χ0v) is 32.0. The summed E-state index contributed by atoms with van der Waals surface area (Å²) >= 11 is 0. The molecule has 7 aromatic rings. The van der Waals surface area contributed by atoms with E-state index in [2.05, 4.69) is 167 Å². The first-order chi connectivity index (χ1) is 26.7. The molecule has 3 aliphatic rings. The van der Waals surface area contributed by atoms with Crippen molar-refractivity contribution in [3.63, 3.8) is 0 Å². The smallest absolute Gasteiger partial charge is 0.163 e. The van der Waals surface area contributed by atoms with Crippen molar-refractivity contribution >= 4 is 0 Å². The second kappa shape index (κ2) is 12.6. The maximum atomic E-state index is 6.72. The molecule has 0 amide bonds. The van der Waals surface area contributed by atoms with Crippen LogP contribution in [0.3, 0.4) is 0 Å². The largest absolute Gasteiger partial charge is 0.457 e. The van der Waals surface area contributed by atoms with Crippen LogP contribution in [0.5, 0.6) is 11.5 Å². The van der Waals surface area contributed by atoms with E-state index in [1.165, 1.54) is 40.7 Å². The summed E-state index contributed by atoms with van der Waals surface area (Å²) in [4.78, 5) is 15.8. The molecule has 0 N–H and O–H groups in total. The van der Waals surface area contributed by atoms with Gasteiger partial charge >= 0.3 is 0 Å². The first kappa shape index (κ1) is 33.7. The Hall–Kier alpha value is -5.87. The average Bonchev–Trinajstić information content (AvgIpc) is 3.44. The number of hydrogen-bond acceptors (Lipinski definition) is 4. The molecule has 1 spiro atoms. The van der Waals surface area contributed by atoms with Gasteiger partial charge in [-0.25, -0.2) is 15.0 Å². The molecule has 2 heterocycles. The Balaban J connectivity index is 1.13. The summed E-state index contributed by atoms with van der Waals surface area (Å²) < 4.78 is 6.72. The van der Waals surface area contributed by atoms with E-state index in [0.29, 0.717) is 11.7 Å². The van der Waals surface area contributed by atoms with Crippen LogP contribution in [0.1, 0.15) is 81.5 Å². The lowest BCUT2D eigenvalue weighted by Crippen LogP contribution is -2.32. The molecule has 4 heteroatoms. The number of benzene rings is 6. The maximum Gasteiger partial charge on any atom is 0.163 e. The third-order valence-corrected chi connectivity index (χ3v) is 12.5. The Bertz CT molecular complexity index is 2560. The van der Waals surface area contributed by atoms with Crippen molar-refractivity contribution in [1.82, 2.24) is 15.0 Å². The van der Waals surface area contributed by atoms with E-state index in [1.807, 2.05) is 6.07 Å². The van der Waals surface area contributed by atoms with Crippen LogP contribution in [0, 0.1) is 11.3 Å². The van der Waals surface area contributed by atoms with Crippen LogP contribution in [0.4, 0.5) is 0 Å². The highest BCUT2D eigenvalue weighted by atomic mass is 16.5. The minimum atomic E-state index is -0.516. The lowest BCUT2D eigenvalue weighted by molar-refractivity contribution is 0.237. The summed E-state index contributed by atoms with van der Waals surface area (Å²) in [5, 5.41) is 0. The number of fused-ring (bicyclic) bond motifs is 9. The second-order valence-electron chi connectivity index (χ2n) is 17.2. The highest BCUT2D eigenvalue weighted by Gasteiger charge is 2.51. The Morgan fingerprint density at radius 3 is 1.85 bits per heavy atom. The molecule has 4 nitrogen and oxygen atoms in total. The first-order valence-electron chi connectivity index (χ1n) is 19.8. The van der Waals surface area contributed by atoms with Crippen LogP contribution in [-0.4, -0.2) is 15.0 Å². The average molecular weight is 716 g/mol. The van der Waals surface area contributed by atoms with Crippen molar-refractivity contribution in [3.05, 3.63) is 174 Å². The summed E-state index contributed by atoms with van der Waals surface area (Å²) in [5.41, 5.74) is 11.2. The zero-order chi connectivity index (χ0) is 37.4. The van der Waals surface area contributed by atoms with Gasteiger partial charge in [-0.05, 0) is 88.2 Å². The highest BCUT2D eigenvalue weighted by Crippen LogP contribution is 2.62. The van der Waals surface area contributed by atoms with Crippen LogP contribution >= 0.6 is 0 Å². The standard InChI is InChI=1S/C51H45N3O/c1-33-27-28-49(2,3)32-50(4,31-33)48-53-46(34-15-6-5-7-16-34)52-47(54-48)37-18-14-17-35(29-37)36-25-26-45-43(30-36)51(42-23-12-13-24-44(42)55-45)40-21-10-8-19-38(40)39-20-9-11-22-41(39)51/h5-26,29-30,33H,27-28,31-32H2,1-4H3. The number of aromatic nitrogens is 3. The fraction of sp³-hybridized carbons (Fsp3) is 0.235. The first-order valence-corrected chi connectivity index (χ1v) is 19.8. The van der Waals surface area contributed by atoms with E-state index in [0.717, 1.165) is 63.8 Å². The third kappa shape index (κ3) is 5.45. The van der Waals surface area contributed by atoms with Crippen molar-refractivity contribution in [1.29, 1.82) is 0 Å². The van der Waals surface area contributed by atoms with E-state index >= 15 is 0 Å². The summed E-state index contributed by atoms with van der Waals surface area (Å²) in [6, 6.07) is 52.1. The molecule has 0 bridgehead atoms. The van der Waals surface area contributed by atoms with Crippen LogP contribution in [0.25, 0.3) is 45.0 Å². The second-order valence-corrected chi connectivity index (χ2v) is 17.2. The number of rotatable bonds is 4. The van der Waals surface area contributed by atoms with E-state index in [9.17, 15) is 0 Å². The molecule has 2 aliphatic carbocycles. The van der Waals surface area contributed by atoms with Crippen LogP contribution < -0.4 is 4.74 Å². The monoisotopic (exact) mass is 715 g/mol. The molecule has 2 atom stereocenters. The Labute approximate surface area is 324 Å². The quantitative estimate of drug-likeness (QED) is 0.170. The van der Waals surface area contributed by atoms with Crippen LogP contribution in [0.15, 0.2) is 146 Å². The Morgan fingerprint density at radius 2 is 1.11 bits per heavy atom. The van der Waals surface area contributed by atoms with Crippen LogP contribution in [0.2, 0.25) is 0 Å². The predicted octanol–water partition coefficient (Wildman–Crippen LogP) is 12.8. The molecule has 0 radical (unpaired) electrons. The molecule has 55 heavy (non-hydrogen) atoms. The van der Waals surface area contributed by atoms with Gasteiger partial charge in [-0.3, -0.25) is 0 Å².